The molecule has 0 saturated carbocycles. The first-order valence-electron chi connectivity index (χ1n) is 13.4. The van der Waals surface area contributed by atoms with Crippen molar-refractivity contribution in [3.8, 4) is 11.8 Å². The van der Waals surface area contributed by atoms with Crippen LogP contribution in [0.4, 0.5) is 10.1 Å². The Hall–Kier alpha value is -3.58. The van der Waals surface area contributed by atoms with Gasteiger partial charge in [0.2, 0.25) is 0 Å². The molecule has 3 rings (SSSR count). The molecule has 0 aliphatic rings. The zero-order valence-electron chi connectivity index (χ0n) is 22.1. The molecule has 3 aromatic carbocycles. The Bertz CT molecular complexity index is 1190. The summed E-state index contributed by atoms with van der Waals surface area (Å²) >= 11 is 0. The molecule has 37 heavy (non-hydrogen) atoms. The van der Waals surface area contributed by atoms with Crippen molar-refractivity contribution in [1.29, 1.82) is 0 Å². The van der Waals surface area contributed by atoms with E-state index in [1.165, 1.54) is 24.8 Å². The van der Waals surface area contributed by atoms with Gasteiger partial charge in [-0.2, -0.15) is 0 Å². The normalized spacial score (nSPS) is 10.6. The molecule has 0 aliphatic heterocycles. The second kappa shape index (κ2) is 14.9. The van der Waals surface area contributed by atoms with Crippen LogP contribution in [0.3, 0.4) is 0 Å². The van der Waals surface area contributed by atoms with Crippen molar-refractivity contribution in [3.63, 3.8) is 0 Å². The summed E-state index contributed by atoms with van der Waals surface area (Å²) in [6.07, 6.45) is 7.97. The lowest BCUT2D eigenvalue weighted by atomic mass is 10.1. The van der Waals surface area contributed by atoms with E-state index in [2.05, 4.69) is 67.0 Å². The number of halogens is 1. The Balaban J connectivity index is 1.73. The molecule has 0 atom stereocenters. The average molecular weight is 500 g/mol. The molecule has 0 unspecified atom stereocenters. The van der Waals surface area contributed by atoms with Crippen LogP contribution in [0.5, 0.6) is 0 Å². The van der Waals surface area contributed by atoms with Crippen LogP contribution in [-0.2, 0) is 19.6 Å². The third kappa shape index (κ3) is 8.79. The lowest BCUT2D eigenvalue weighted by molar-refractivity contribution is 0.0694. The summed E-state index contributed by atoms with van der Waals surface area (Å²) in [5, 5.41) is 9.55. The van der Waals surface area contributed by atoms with Crippen LogP contribution in [-0.4, -0.2) is 17.6 Å². The van der Waals surface area contributed by atoms with Gasteiger partial charge in [-0.25, -0.2) is 9.18 Å². The molecule has 3 nitrogen and oxygen atoms in total. The Kier molecular flexibility index (Phi) is 11.2. The molecule has 0 aromatic heterocycles. The lowest BCUT2D eigenvalue weighted by Crippen LogP contribution is -2.24. The number of benzene rings is 3. The van der Waals surface area contributed by atoms with Gasteiger partial charge in [0.05, 0.1) is 5.56 Å². The predicted molar refractivity (Wildman–Crippen MR) is 151 cm³/mol. The molecule has 0 saturated heterocycles. The molecule has 0 fully saturated rings. The van der Waals surface area contributed by atoms with E-state index in [1.54, 1.807) is 12.1 Å². The first-order chi connectivity index (χ1) is 18.0. The molecular formula is C33H38FNO2. The number of anilines is 1. The maximum atomic E-state index is 13.3. The summed E-state index contributed by atoms with van der Waals surface area (Å²) in [4.78, 5) is 13.9. The van der Waals surface area contributed by atoms with Crippen molar-refractivity contribution in [1.82, 2.24) is 0 Å². The number of hydrogen-bond donors (Lipinski definition) is 1. The average Bonchev–Trinajstić information content (AvgIpc) is 2.93. The SMILES string of the molecule is CCCCCCN(Cc1ccc(C#Cc2ccc(CCCC)cc2)cc1)c1ccc(CF)c(C(=O)O)c1. The fourth-order valence-electron chi connectivity index (χ4n) is 4.30. The van der Waals surface area contributed by atoms with E-state index in [1.807, 2.05) is 18.2 Å². The van der Waals surface area contributed by atoms with Crippen molar-refractivity contribution in [2.24, 2.45) is 0 Å². The first-order valence-corrected chi connectivity index (χ1v) is 13.4. The van der Waals surface area contributed by atoms with Gasteiger partial charge in [-0.05, 0) is 72.4 Å². The highest BCUT2D eigenvalue weighted by molar-refractivity contribution is 5.90. The Labute approximate surface area is 221 Å². The number of carboxylic acids is 1. The topological polar surface area (TPSA) is 40.5 Å². The van der Waals surface area contributed by atoms with Crippen molar-refractivity contribution in [2.45, 2.75) is 72.0 Å². The molecule has 0 heterocycles. The number of hydrogen-bond acceptors (Lipinski definition) is 2. The van der Waals surface area contributed by atoms with Crippen LogP contribution in [0.1, 0.15) is 90.5 Å². The largest absolute Gasteiger partial charge is 0.478 e. The fraction of sp³-hybridized carbons (Fsp3) is 0.364. The number of rotatable bonds is 13. The highest BCUT2D eigenvalue weighted by Gasteiger charge is 2.15. The summed E-state index contributed by atoms with van der Waals surface area (Å²) in [6, 6.07) is 21.7. The standard InChI is InChI=1S/C33H38FNO2/c1-3-5-7-8-22-35(31-21-20-30(24-34)32(23-31)33(36)37)25-29-18-16-28(17-19-29)15-14-27-12-10-26(11-13-27)9-6-4-2/h10-13,16-21,23H,3-9,22,24-25H2,1-2H3,(H,36,37). The summed E-state index contributed by atoms with van der Waals surface area (Å²) < 4.78 is 13.3. The van der Waals surface area contributed by atoms with Crippen LogP contribution in [0.25, 0.3) is 0 Å². The molecule has 3 aromatic rings. The molecule has 0 radical (unpaired) electrons. The van der Waals surface area contributed by atoms with Gasteiger partial charge >= 0.3 is 5.97 Å². The van der Waals surface area contributed by atoms with Gasteiger partial charge in [0.15, 0.2) is 0 Å². The second-order valence-corrected chi connectivity index (χ2v) is 9.51. The molecule has 0 bridgehead atoms. The number of nitrogens with zero attached hydrogens (tertiary/aromatic N) is 1. The van der Waals surface area contributed by atoms with E-state index < -0.39 is 12.6 Å². The summed E-state index contributed by atoms with van der Waals surface area (Å²) in [6.45, 7) is 5.05. The third-order valence-electron chi connectivity index (χ3n) is 6.57. The zero-order chi connectivity index (χ0) is 26.5. The van der Waals surface area contributed by atoms with E-state index in [4.69, 9.17) is 0 Å². The van der Waals surface area contributed by atoms with Gasteiger partial charge < -0.3 is 10.0 Å². The van der Waals surface area contributed by atoms with Gasteiger partial charge in [-0.15, -0.1) is 0 Å². The molecule has 194 valence electrons. The van der Waals surface area contributed by atoms with E-state index in [0.29, 0.717) is 6.54 Å². The van der Waals surface area contributed by atoms with Crippen LogP contribution in [0.2, 0.25) is 0 Å². The molecule has 4 heteroatoms. The molecule has 1 N–H and O–H groups in total. The quantitative estimate of drug-likeness (QED) is 0.190. The minimum atomic E-state index is -1.10. The van der Waals surface area contributed by atoms with Gasteiger partial charge in [0.25, 0.3) is 0 Å². The van der Waals surface area contributed by atoms with Gasteiger partial charge in [-0.3, -0.25) is 0 Å². The van der Waals surface area contributed by atoms with Crippen molar-refractivity contribution < 1.29 is 14.3 Å². The maximum Gasteiger partial charge on any atom is 0.336 e. The van der Waals surface area contributed by atoms with E-state index in [-0.39, 0.29) is 11.1 Å². The molecular weight excluding hydrogens is 461 g/mol. The van der Waals surface area contributed by atoms with Gasteiger partial charge in [-0.1, -0.05) is 81.7 Å². The van der Waals surface area contributed by atoms with E-state index >= 15 is 0 Å². The summed E-state index contributed by atoms with van der Waals surface area (Å²) in [5.41, 5.74) is 5.47. The summed E-state index contributed by atoms with van der Waals surface area (Å²) in [5.74, 6) is 5.41. The van der Waals surface area contributed by atoms with E-state index in [9.17, 15) is 14.3 Å². The Morgan fingerprint density at radius 2 is 1.43 bits per heavy atom. The van der Waals surface area contributed by atoms with E-state index in [0.717, 1.165) is 54.6 Å². The number of unbranched alkanes of at least 4 members (excludes halogenated alkanes) is 4. The Morgan fingerprint density at radius 3 is 2.00 bits per heavy atom. The highest BCUT2D eigenvalue weighted by atomic mass is 19.1. The number of aryl methyl sites for hydroxylation is 1. The monoisotopic (exact) mass is 499 g/mol. The molecule has 0 spiro atoms. The van der Waals surface area contributed by atoms with Gasteiger partial charge in [0.1, 0.15) is 6.67 Å². The fourth-order valence-corrected chi connectivity index (χ4v) is 4.30. The first kappa shape index (κ1) is 28.0. The molecule has 0 amide bonds. The minimum absolute atomic E-state index is 0.0302. The van der Waals surface area contributed by atoms with Gasteiger partial charge in [0, 0.05) is 29.9 Å². The number of alkyl halides is 1. The highest BCUT2D eigenvalue weighted by Crippen LogP contribution is 2.24. The van der Waals surface area contributed by atoms with Crippen molar-refractivity contribution >= 4 is 11.7 Å². The maximum absolute atomic E-state index is 13.3. The van der Waals surface area contributed by atoms with Crippen molar-refractivity contribution in [2.75, 3.05) is 11.4 Å². The van der Waals surface area contributed by atoms with Crippen LogP contribution < -0.4 is 4.90 Å². The second-order valence-electron chi connectivity index (χ2n) is 9.51. The number of carbonyl (C=O) groups is 1. The Morgan fingerprint density at radius 1 is 0.811 bits per heavy atom. The van der Waals surface area contributed by atoms with Crippen LogP contribution in [0.15, 0.2) is 66.7 Å². The smallest absolute Gasteiger partial charge is 0.336 e. The lowest BCUT2D eigenvalue weighted by Gasteiger charge is -2.26. The number of carboxylic acid groups (broad SMARTS) is 1. The van der Waals surface area contributed by atoms with Crippen molar-refractivity contribution in [3.05, 3.63) is 100 Å². The predicted octanol–water partition coefficient (Wildman–Crippen LogP) is 8.18. The van der Waals surface area contributed by atoms with Crippen LogP contribution in [0, 0.1) is 11.8 Å². The van der Waals surface area contributed by atoms with Crippen LogP contribution >= 0.6 is 0 Å². The molecule has 0 aliphatic carbocycles. The zero-order valence-corrected chi connectivity index (χ0v) is 22.1. The number of aromatic carboxylic acids is 1. The minimum Gasteiger partial charge on any atom is -0.478 e. The summed E-state index contributed by atoms with van der Waals surface area (Å²) in [7, 11) is 0. The third-order valence-corrected chi connectivity index (χ3v) is 6.57.